The number of carbonyl (C=O) groups is 1. The topological polar surface area (TPSA) is 77.8 Å². The van der Waals surface area contributed by atoms with Crippen molar-refractivity contribution in [1.82, 2.24) is 5.01 Å². The van der Waals surface area contributed by atoms with Gasteiger partial charge in [0.1, 0.15) is 12.0 Å². The Morgan fingerprint density at radius 3 is 2.83 bits per heavy atom. The molecular formula is C28H28N4O3. The predicted octanol–water partition coefficient (Wildman–Crippen LogP) is 4.93. The highest BCUT2D eigenvalue weighted by Gasteiger charge is 2.39. The third kappa shape index (κ3) is 4.99. The summed E-state index contributed by atoms with van der Waals surface area (Å²) in [4.78, 5) is 12.8. The van der Waals surface area contributed by atoms with Gasteiger partial charge in [-0.3, -0.25) is 9.80 Å². The normalized spacial score (nSPS) is 22.5. The molecule has 1 N–H and O–H groups in total. The second-order valence-corrected chi connectivity index (χ2v) is 8.80. The first-order valence-electron chi connectivity index (χ1n) is 12.0. The zero-order chi connectivity index (χ0) is 24.2. The smallest absolute Gasteiger partial charge is 0.265 e. The van der Waals surface area contributed by atoms with E-state index >= 15 is 0 Å². The molecule has 0 radical (unpaired) electrons. The Labute approximate surface area is 205 Å². The highest BCUT2D eigenvalue weighted by molar-refractivity contribution is 5.94. The molecule has 2 heterocycles. The SMILES string of the molecule is CC(Oc1ccccc1)C(=O)Nc1cccc(N2C=C3C=C(C#N)C=CC3N2C2CCCCO2)c1. The average Bonchev–Trinajstić information content (AvgIpc) is 3.28. The van der Waals surface area contributed by atoms with E-state index in [4.69, 9.17) is 9.47 Å². The minimum atomic E-state index is -0.648. The fourth-order valence-electron chi connectivity index (χ4n) is 4.57. The van der Waals surface area contributed by atoms with Crippen molar-refractivity contribution in [3.8, 4) is 11.8 Å². The molecule has 35 heavy (non-hydrogen) atoms. The summed E-state index contributed by atoms with van der Waals surface area (Å²) in [5.74, 6) is 0.424. The van der Waals surface area contributed by atoms with Crippen LogP contribution in [0.3, 0.4) is 0 Å². The van der Waals surface area contributed by atoms with E-state index in [1.165, 1.54) is 0 Å². The van der Waals surface area contributed by atoms with E-state index < -0.39 is 6.10 Å². The third-order valence-corrected chi connectivity index (χ3v) is 6.31. The molecule has 3 atom stereocenters. The fraction of sp³-hybridized carbons (Fsp3) is 0.286. The van der Waals surface area contributed by atoms with Gasteiger partial charge in [0.05, 0.1) is 23.4 Å². The van der Waals surface area contributed by atoms with E-state index in [0.717, 1.165) is 37.1 Å². The molecule has 178 valence electrons. The van der Waals surface area contributed by atoms with E-state index in [0.29, 0.717) is 17.0 Å². The molecule has 1 saturated heterocycles. The third-order valence-electron chi connectivity index (χ3n) is 6.31. The van der Waals surface area contributed by atoms with Crippen molar-refractivity contribution in [3.63, 3.8) is 0 Å². The molecule has 3 unspecified atom stereocenters. The second kappa shape index (κ2) is 10.2. The second-order valence-electron chi connectivity index (χ2n) is 8.80. The first-order valence-corrected chi connectivity index (χ1v) is 12.0. The van der Waals surface area contributed by atoms with Gasteiger partial charge in [0.15, 0.2) is 6.10 Å². The van der Waals surface area contributed by atoms with Gasteiger partial charge >= 0.3 is 0 Å². The Morgan fingerprint density at radius 2 is 2.06 bits per heavy atom. The summed E-state index contributed by atoms with van der Waals surface area (Å²) in [6.45, 7) is 2.46. The van der Waals surface area contributed by atoms with Gasteiger partial charge < -0.3 is 14.8 Å². The van der Waals surface area contributed by atoms with Gasteiger partial charge in [-0.15, -0.1) is 0 Å². The maximum Gasteiger partial charge on any atom is 0.265 e. The van der Waals surface area contributed by atoms with Crippen LogP contribution in [0.25, 0.3) is 0 Å². The number of amides is 1. The zero-order valence-electron chi connectivity index (χ0n) is 19.6. The number of allylic oxidation sites excluding steroid dienone is 2. The molecule has 0 aromatic heterocycles. The molecule has 1 aliphatic carbocycles. The number of nitrogens with one attached hydrogen (secondary N) is 1. The number of nitrogens with zero attached hydrogens (tertiary/aromatic N) is 3. The summed E-state index contributed by atoms with van der Waals surface area (Å²) < 4.78 is 11.9. The lowest BCUT2D eigenvalue weighted by Crippen LogP contribution is -2.50. The first kappa shape index (κ1) is 22.9. The monoisotopic (exact) mass is 468 g/mol. The van der Waals surface area contributed by atoms with Crippen LogP contribution in [0, 0.1) is 11.3 Å². The Bertz CT molecular complexity index is 1210. The maximum absolute atomic E-state index is 12.8. The highest BCUT2D eigenvalue weighted by atomic mass is 16.5. The van der Waals surface area contributed by atoms with Crippen LogP contribution in [0.5, 0.6) is 5.75 Å². The largest absolute Gasteiger partial charge is 0.481 e. The van der Waals surface area contributed by atoms with Crippen LogP contribution >= 0.6 is 0 Å². The van der Waals surface area contributed by atoms with Crippen molar-refractivity contribution in [2.75, 3.05) is 16.9 Å². The lowest BCUT2D eigenvalue weighted by molar-refractivity contribution is -0.122. The lowest BCUT2D eigenvalue weighted by Gasteiger charge is -2.40. The number of rotatable bonds is 6. The molecule has 1 fully saturated rings. The van der Waals surface area contributed by atoms with Gasteiger partial charge in [-0.1, -0.05) is 30.3 Å². The molecule has 2 aromatic rings. The number of benzene rings is 2. The molecule has 5 rings (SSSR count). The summed E-state index contributed by atoms with van der Waals surface area (Å²) in [5.41, 5.74) is 3.25. The minimum absolute atomic E-state index is 0.00672. The van der Waals surface area contributed by atoms with Crippen molar-refractivity contribution in [1.29, 1.82) is 5.26 Å². The van der Waals surface area contributed by atoms with Crippen LogP contribution in [-0.4, -0.2) is 35.9 Å². The summed E-state index contributed by atoms with van der Waals surface area (Å²) >= 11 is 0. The number of fused-ring (bicyclic) bond motifs is 1. The van der Waals surface area contributed by atoms with Gasteiger partial charge in [-0.2, -0.15) is 10.3 Å². The molecular weight excluding hydrogens is 440 g/mol. The number of hydrazine groups is 1. The average molecular weight is 469 g/mol. The molecule has 7 heteroatoms. The van der Waals surface area contributed by atoms with Crippen LogP contribution in [0.4, 0.5) is 11.4 Å². The zero-order valence-corrected chi connectivity index (χ0v) is 19.6. The van der Waals surface area contributed by atoms with Crippen molar-refractivity contribution < 1.29 is 14.3 Å². The van der Waals surface area contributed by atoms with Crippen LogP contribution in [-0.2, 0) is 9.53 Å². The molecule has 3 aliphatic rings. The molecule has 0 spiro atoms. The molecule has 7 nitrogen and oxygen atoms in total. The first-order chi connectivity index (χ1) is 17.1. The van der Waals surface area contributed by atoms with Gasteiger partial charge in [0.25, 0.3) is 5.91 Å². The van der Waals surface area contributed by atoms with E-state index in [-0.39, 0.29) is 18.2 Å². The van der Waals surface area contributed by atoms with Crippen molar-refractivity contribution in [2.24, 2.45) is 0 Å². The van der Waals surface area contributed by atoms with Crippen molar-refractivity contribution >= 4 is 17.3 Å². The van der Waals surface area contributed by atoms with E-state index in [9.17, 15) is 10.1 Å². The standard InChI is InChI=1S/C28H28N4O3/c1-20(35-25-10-3-2-4-11-25)28(33)30-23-8-7-9-24(17-23)31-19-22-16-21(18-29)13-14-26(22)32(31)27-12-5-6-15-34-27/h2-4,7-11,13-14,16-17,19-20,26-27H,5-6,12,15H2,1H3,(H,30,33). The number of hydrogen-bond donors (Lipinski definition) is 1. The van der Waals surface area contributed by atoms with Gasteiger partial charge in [0, 0.05) is 18.5 Å². The van der Waals surface area contributed by atoms with E-state index in [2.05, 4.69) is 27.5 Å². The Kier molecular flexibility index (Phi) is 6.66. The summed E-state index contributed by atoms with van der Waals surface area (Å²) in [6.07, 6.45) is 10.3. The van der Waals surface area contributed by atoms with E-state index in [1.807, 2.05) is 72.9 Å². The Balaban J connectivity index is 1.37. The van der Waals surface area contributed by atoms with Crippen LogP contribution in [0.2, 0.25) is 0 Å². The van der Waals surface area contributed by atoms with Gasteiger partial charge in [0.2, 0.25) is 0 Å². The van der Waals surface area contributed by atoms with E-state index in [1.54, 1.807) is 6.92 Å². The lowest BCUT2D eigenvalue weighted by atomic mass is 9.99. The summed E-state index contributed by atoms with van der Waals surface area (Å²) in [7, 11) is 0. The quantitative estimate of drug-likeness (QED) is 0.648. The van der Waals surface area contributed by atoms with Crippen LogP contribution in [0.15, 0.2) is 90.2 Å². The molecule has 1 amide bonds. The molecule has 2 aromatic carbocycles. The maximum atomic E-state index is 12.8. The van der Waals surface area contributed by atoms with Gasteiger partial charge in [-0.25, -0.2) is 0 Å². The summed E-state index contributed by atoms with van der Waals surface area (Å²) in [6, 6.07) is 19.2. The number of para-hydroxylation sites is 1. The molecule has 0 bridgehead atoms. The summed E-state index contributed by atoms with van der Waals surface area (Å²) in [5, 5.41) is 16.6. The van der Waals surface area contributed by atoms with Crippen LogP contribution in [0.1, 0.15) is 26.2 Å². The number of ether oxygens (including phenoxy) is 2. The number of nitriles is 1. The fourth-order valence-corrected chi connectivity index (χ4v) is 4.57. The predicted molar refractivity (Wildman–Crippen MR) is 134 cm³/mol. The Morgan fingerprint density at radius 1 is 1.20 bits per heavy atom. The number of anilines is 2. The highest BCUT2D eigenvalue weighted by Crippen LogP contribution is 2.37. The minimum Gasteiger partial charge on any atom is -0.481 e. The van der Waals surface area contributed by atoms with Crippen molar-refractivity contribution in [3.05, 3.63) is 90.2 Å². The Hall–Kier alpha value is -3.86. The van der Waals surface area contributed by atoms with Gasteiger partial charge in [-0.05, 0) is 74.2 Å². The molecule has 2 aliphatic heterocycles. The van der Waals surface area contributed by atoms with Crippen molar-refractivity contribution in [2.45, 2.75) is 44.6 Å². The number of hydrogen-bond acceptors (Lipinski definition) is 6. The van der Waals surface area contributed by atoms with Crippen LogP contribution < -0.4 is 15.1 Å². The molecule has 0 saturated carbocycles. The number of carbonyl (C=O) groups excluding carboxylic acids is 1.